The predicted octanol–water partition coefficient (Wildman–Crippen LogP) is 3.91. The number of hydrogen-bond acceptors (Lipinski definition) is 4. The molecule has 0 aliphatic carbocycles. The van der Waals surface area contributed by atoms with Gasteiger partial charge in [-0.25, -0.2) is 0 Å². The highest BCUT2D eigenvalue weighted by Crippen LogP contribution is 2.29. The number of nitrogens with zero attached hydrogens (tertiary/aromatic N) is 2. The lowest BCUT2D eigenvalue weighted by Gasteiger charge is -2.08. The molecule has 1 aromatic carbocycles. The maximum absolute atomic E-state index is 6.19. The Morgan fingerprint density at radius 1 is 1.35 bits per heavy atom. The van der Waals surface area contributed by atoms with E-state index in [4.69, 9.17) is 5.73 Å². The largest absolute Gasteiger partial charge is 0.394 e. The Labute approximate surface area is 122 Å². The second-order valence-electron chi connectivity index (χ2n) is 4.88. The van der Waals surface area contributed by atoms with Gasteiger partial charge in [0.1, 0.15) is 0 Å². The van der Waals surface area contributed by atoms with Crippen LogP contribution < -0.4 is 11.1 Å². The molecule has 0 spiro atoms. The van der Waals surface area contributed by atoms with Gasteiger partial charge in [0.05, 0.1) is 11.4 Å². The average Bonchev–Trinajstić information content (AvgIpc) is 2.99. The molecular weight excluding hydrogens is 268 g/mol. The Morgan fingerprint density at radius 2 is 2.20 bits per heavy atom. The summed E-state index contributed by atoms with van der Waals surface area (Å²) in [6, 6.07) is 8.46. The minimum absolute atomic E-state index is 0.750. The predicted molar refractivity (Wildman–Crippen MR) is 86.7 cm³/mol. The van der Waals surface area contributed by atoms with Crippen LogP contribution in [0.4, 0.5) is 17.2 Å². The van der Waals surface area contributed by atoms with Crippen LogP contribution >= 0.6 is 11.3 Å². The second kappa shape index (κ2) is 5.17. The molecule has 0 radical (unpaired) electrons. The third-order valence-corrected chi connectivity index (χ3v) is 4.26. The number of anilines is 3. The van der Waals surface area contributed by atoms with Gasteiger partial charge in [-0.15, -0.1) is 11.3 Å². The first-order valence-corrected chi connectivity index (χ1v) is 7.62. The molecule has 4 nitrogen and oxygen atoms in total. The van der Waals surface area contributed by atoms with E-state index in [1.54, 1.807) is 11.3 Å². The van der Waals surface area contributed by atoms with Crippen molar-refractivity contribution in [2.45, 2.75) is 19.8 Å². The summed E-state index contributed by atoms with van der Waals surface area (Å²) >= 11 is 1.75. The second-order valence-corrected chi connectivity index (χ2v) is 5.83. The summed E-state index contributed by atoms with van der Waals surface area (Å²) in [6.45, 7) is 2.13. The highest BCUT2D eigenvalue weighted by atomic mass is 32.1. The highest BCUT2D eigenvalue weighted by molar-refractivity contribution is 7.17. The van der Waals surface area contributed by atoms with Crippen LogP contribution in [0.1, 0.15) is 19.0 Å². The monoisotopic (exact) mass is 286 g/mol. The van der Waals surface area contributed by atoms with Crippen molar-refractivity contribution in [2.24, 2.45) is 7.05 Å². The standard InChI is InChI=1S/C15H18N4S/c1-3-4-12-14(16)15(19(2)18-12)17-11-5-6-13-10(9-11)7-8-20-13/h5-9,17H,3-4,16H2,1-2H3. The molecule has 0 bridgehead atoms. The molecule has 104 valence electrons. The van der Waals surface area contributed by atoms with Crippen molar-refractivity contribution in [2.75, 3.05) is 11.1 Å². The Kier molecular flexibility index (Phi) is 3.36. The number of thiophene rings is 1. The zero-order valence-corrected chi connectivity index (χ0v) is 12.5. The van der Waals surface area contributed by atoms with Gasteiger partial charge in [-0.2, -0.15) is 5.10 Å². The first-order chi connectivity index (χ1) is 9.69. The minimum atomic E-state index is 0.750. The molecule has 0 fully saturated rings. The molecule has 0 aliphatic rings. The van der Waals surface area contributed by atoms with Crippen LogP contribution in [0.15, 0.2) is 29.6 Å². The Morgan fingerprint density at radius 3 is 3.00 bits per heavy atom. The molecular formula is C15H18N4S. The number of aromatic nitrogens is 2. The summed E-state index contributed by atoms with van der Waals surface area (Å²) in [5, 5.41) is 11.2. The highest BCUT2D eigenvalue weighted by Gasteiger charge is 2.12. The first kappa shape index (κ1) is 13.0. The summed E-state index contributed by atoms with van der Waals surface area (Å²) in [6.07, 6.45) is 1.95. The first-order valence-electron chi connectivity index (χ1n) is 6.74. The van der Waals surface area contributed by atoms with E-state index in [9.17, 15) is 0 Å². The number of nitrogen functional groups attached to an aromatic ring is 1. The van der Waals surface area contributed by atoms with Crippen LogP contribution in [0, 0.1) is 0 Å². The van der Waals surface area contributed by atoms with Gasteiger partial charge >= 0.3 is 0 Å². The number of rotatable bonds is 4. The summed E-state index contributed by atoms with van der Waals surface area (Å²) < 4.78 is 3.11. The molecule has 2 aromatic heterocycles. The smallest absolute Gasteiger partial charge is 0.152 e. The summed E-state index contributed by atoms with van der Waals surface area (Å²) in [5.41, 5.74) is 8.94. The zero-order chi connectivity index (χ0) is 14.1. The number of benzene rings is 1. The van der Waals surface area contributed by atoms with Gasteiger partial charge in [-0.05, 0) is 41.5 Å². The number of hydrogen-bond donors (Lipinski definition) is 2. The van der Waals surface area contributed by atoms with E-state index in [1.807, 2.05) is 11.7 Å². The molecule has 3 rings (SSSR count). The molecule has 0 saturated carbocycles. The number of nitrogens with one attached hydrogen (secondary N) is 1. The lowest BCUT2D eigenvalue weighted by Crippen LogP contribution is -2.01. The fraction of sp³-hybridized carbons (Fsp3) is 0.267. The van der Waals surface area contributed by atoms with Crippen LogP contribution in [-0.2, 0) is 13.5 Å². The van der Waals surface area contributed by atoms with Gasteiger partial charge in [0, 0.05) is 17.4 Å². The molecule has 0 aliphatic heterocycles. The summed E-state index contributed by atoms with van der Waals surface area (Å²) in [5.74, 6) is 0.864. The number of nitrogens with two attached hydrogens (primary N) is 1. The van der Waals surface area contributed by atoms with Crippen molar-refractivity contribution in [1.82, 2.24) is 9.78 Å². The van der Waals surface area contributed by atoms with Crippen LogP contribution in [-0.4, -0.2) is 9.78 Å². The van der Waals surface area contributed by atoms with E-state index >= 15 is 0 Å². The van der Waals surface area contributed by atoms with Crippen molar-refractivity contribution in [1.29, 1.82) is 0 Å². The third-order valence-electron chi connectivity index (χ3n) is 3.36. The van der Waals surface area contributed by atoms with E-state index in [0.717, 1.165) is 35.7 Å². The fourth-order valence-corrected chi connectivity index (χ4v) is 3.12. The normalized spacial score (nSPS) is 11.1. The van der Waals surface area contributed by atoms with Gasteiger partial charge in [0.25, 0.3) is 0 Å². The van der Waals surface area contributed by atoms with Crippen molar-refractivity contribution in [3.8, 4) is 0 Å². The zero-order valence-electron chi connectivity index (χ0n) is 11.7. The maximum Gasteiger partial charge on any atom is 0.152 e. The molecule has 0 amide bonds. The van der Waals surface area contributed by atoms with Crippen LogP contribution in [0.3, 0.4) is 0 Å². The molecule has 0 saturated heterocycles. The van der Waals surface area contributed by atoms with Crippen LogP contribution in [0.25, 0.3) is 10.1 Å². The fourth-order valence-electron chi connectivity index (χ4n) is 2.35. The van der Waals surface area contributed by atoms with Gasteiger partial charge in [0.2, 0.25) is 0 Å². The molecule has 3 aromatic rings. The quantitative estimate of drug-likeness (QED) is 0.764. The maximum atomic E-state index is 6.19. The minimum Gasteiger partial charge on any atom is -0.394 e. The van der Waals surface area contributed by atoms with E-state index in [2.05, 4.69) is 47.0 Å². The molecule has 0 unspecified atom stereocenters. The third kappa shape index (κ3) is 2.25. The van der Waals surface area contributed by atoms with Crippen molar-refractivity contribution >= 4 is 38.6 Å². The molecule has 3 N–H and O–H groups in total. The van der Waals surface area contributed by atoms with E-state index in [-0.39, 0.29) is 0 Å². The SMILES string of the molecule is CCCc1nn(C)c(Nc2ccc3sccc3c2)c1N. The van der Waals surface area contributed by atoms with Gasteiger partial charge < -0.3 is 11.1 Å². The van der Waals surface area contributed by atoms with Crippen LogP contribution in [0.5, 0.6) is 0 Å². The van der Waals surface area contributed by atoms with Crippen molar-refractivity contribution in [3.05, 3.63) is 35.3 Å². The van der Waals surface area contributed by atoms with E-state index in [1.165, 1.54) is 10.1 Å². The molecule has 2 heterocycles. The van der Waals surface area contributed by atoms with Crippen molar-refractivity contribution in [3.63, 3.8) is 0 Å². The Bertz CT molecular complexity index is 741. The van der Waals surface area contributed by atoms with Crippen molar-refractivity contribution < 1.29 is 0 Å². The molecule has 0 atom stereocenters. The van der Waals surface area contributed by atoms with Gasteiger partial charge in [-0.1, -0.05) is 13.3 Å². The Hall–Kier alpha value is -2.01. The molecule has 20 heavy (non-hydrogen) atoms. The average molecular weight is 286 g/mol. The number of aryl methyl sites for hydroxylation is 2. The summed E-state index contributed by atoms with van der Waals surface area (Å²) in [7, 11) is 1.92. The Balaban J connectivity index is 1.93. The lowest BCUT2D eigenvalue weighted by atomic mass is 10.2. The number of fused-ring (bicyclic) bond motifs is 1. The van der Waals surface area contributed by atoms with Crippen LogP contribution in [0.2, 0.25) is 0 Å². The van der Waals surface area contributed by atoms with Gasteiger partial charge in [0.15, 0.2) is 5.82 Å². The van der Waals surface area contributed by atoms with E-state index < -0.39 is 0 Å². The summed E-state index contributed by atoms with van der Waals surface area (Å²) in [4.78, 5) is 0. The topological polar surface area (TPSA) is 55.9 Å². The van der Waals surface area contributed by atoms with E-state index in [0.29, 0.717) is 0 Å². The lowest BCUT2D eigenvalue weighted by molar-refractivity contribution is 0.740. The van der Waals surface area contributed by atoms with Gasteiger partial charge in [-0.3, -0.25) is 4.68 Å². The molecule has 5 heteroatoms.